The number of β-amino-alcohol motifs (C(OH)–C–C–N with tert-alkyl or cyclic N) is 1. The molecule has 0 bridgehead atoms. The molecular weight excluding hydrogens is 259 g/mol. The van der Waals surface area contributed by atoms with Crippen LogP contribution < -0.4 is 10.6 Å². The Balaban J connectivity index is 0.00000128. The number of hydrogen-bond acceptors (Lipinski definition) is 3. The maximum absolute atomic E-state index is 9.72. The fourth-order valence-electron chi connectivity index (χ4n) is 1.93. The molecule has 0 aromatic heterocycles. The van der Waals surface area contributed by atoms with Crippen LogP contribution in [0.3, 0.4) is 0 Å². The lowest BCUT2D eigenvalue weighted by Crippen LogP contribution is -2.50. The zero-order chi connectivity index (χ0) is 10.5. The van der Waals surface area contributed by atoms with Crippen LogP contribution in [0.4, 0.5) is 0 Å². The third-order valence-electron chi connectivity index (χ3n) is 2.86. The van der Waals surface area contributed by atoms with Gasteiger partial charge in [-0.15, -0.1) is 24.8 Å². The predicted octanol–water partition coefficient (Wildman–Crippen LogP) is 1.34. The van der Waals surface area contributed by atoms with Gasteiger partial charge in [-0.2, -0.15) is 0 Å². The molecule has 0 spiro atoms. The molecule has 5 heteroatoms. The molecule has 2 rings (SSSR count). The molecular formula is C12H20Cl2N2O. The summed E-state index contributed by atoms with van der Waals surface area (Å²) >= 11 is 0. The Bertz CT molecular complexity index is 298. The zero-order valence-corrected chi connectivity index (χ0v) is 11.3. The summed E-state index contributed by atoms with van der Waals surface area (Å²) < 4.78 is 0. The number of hydrogen-bond donors (Lipinski definition) is 3. The van der Waals surface area contributed by atoms with Crippen molar-refractivity contribution in [2.45, 2.75) is 25.1 Å². The highest BCUT2D eigenvalue weighted by Crippen LogP contribution is 2.05. The Labute approximate surface area is 115 Å². The molecule has 1 aliphatic heterocycles. The Kier molecular flexibility index (Phi) is 8.56. The van der Waals surface area contributed by atoms with Crippen LogP contribution in [0.15, 0.2) is 30.3 Å². The summed E-state index contributed by atoms with van der Waals surface area (Å²) in [5.41, 5.74) is 1.27. The maximum Gasteiger partial charge on any atom is 0.0817 e. The molecule has 1 aliphatic rings. The fraction of sp³-hybridized carbons (Fsp3) is 0.500. The molecule has 3 nitrogen and oxygen atoms in total. The Morgan fingerprint density at radius 1 is 1.24 bits per heavy atom. The lowest BCUT2D eigenvalue weighted by Gasteiger charge is -2.29. The monoisotopic (exact) mass is 278 g/mol. The average molecular weight is 279 g/mol. The molecule has 2 atom stereocenters. The summed E-state index contributed by atoms with van der Waals surface area (Å²) in [6, 6.07) is 10.5. The minimum Gasteiger partial charge on any atom is -0.390 e. The van der Waals surface area contributed by atoms with E-state index in [-0.39, 0.29) is 37.0 Å². The molecule has 1 aromatic rings. The number of benzene rings is 1. The van der Waals surface area contributed by atoms with Gasteiger partial charge in [0.15, 0.2) is 0 Å². The van der Waals surface area contributed by atoms with Gasteiger partial charge in [-0.05, 0) is 18.5 Å². The Hall–Kier alpha value is -0.320. The predicted molar refractivity (Wildman–Crippen MR) is 75.1 cm³/mol. The van der Waals surface area contributed by atoms with Crippen LogP contribution in [0.25, 0.3) is 0 Å². The van der Waals surface area contributed by atoms with E-state index >= 15 is 0 Å². The smallest absolute Gasteiger partial charge is 0.0817 e. The van der Waals surface area contributed by atoms with Crippen molar-refractivity contribution in [3.63, 3.8) is 0 Å². The van der Waals surface area contributed by atoms with Gasteiger partial charge < -0.3 is 15.7 Å². The number of rotatable bonds is 3. The highest BCUT2D eigenvalue weighted by molar-refractivity contribution is 5.85. The molecule has 1 aromatic carbocycles. The topological polar surface area (TPSA) is 44.3 Å². The molecule has 98 valence electrons. The van der Waals surface area contributed by atoms with Gasteiger partial charge in [0.05, 0.1) is 6.10 Å². The van der Waals surface area contributed by atoms with Crippen molar-refractivity contribution in [1.82, 2.24) is 10.6 Å². The minimum absolute atomic E-state index is 0. The van der Waals surface area contributed by atoms with Gasteiger partial charge in [0.1, 0.15) is 0 Å². The molecule has 0 saturated carbocycles. The van der Waals surface area contributed by atoms with Gasteiger partial charge >= 0.3 is 0 Å². The number of halogens is 2. The molecule has 0 amide bonds. The van der Waals surface area contributed by atoms with Crippen LogP contribution >= 0.6 is 24.8 Å². The normalized spacial score (nSPS) is 23.4. The molecule has 1 heterocycles. The second-order valence-electron chi connectivity index (χ2n) is 4.03. The number of aliphatic hydroxyl groups is 1. The van der Waals surface area contributed by atoms with Gasteiger partial charge in [-0.1, -0.05) is 30.3 Å². The maximum atomic E-state index is 9.72. The molecule has 3 N–H and O–H groups in total. The van der Waals surface area contributed by atoms with Crippen LogP contribution in [-0.4, -0.2) is 30.3 Å². The van der Waals surface area contributed by atoms with Crippen molar-refractivity contribution in [3.05, 3.63) is 35.9 Å². The largest absolute Gasteiger partial charge is 0.390 e. The van der Waals surface area contributed by atoms with Crippen LogP contribution in [0.1, 0.15) is 12.0 Å². The van der Waals surface area contributed by atoms with Crippen LogP contribution in [0.5, 0.6) is 0 Å². The average Bonchev–Trinajstić information content (AvgIpc) is 2.29. The molecule has 0 aliphatic carbocycles. The van der Waals surface area contributed by atoms with E-state index in [0.29, 0.717) is 6.54 Å². The van der Waals surface area contributed by atoms with E-state index in [1.54, 1.807) is 0 Å². The van der Waals surface area contributed by atoms with Crippen LogP contribution in [-0.2, 0) is 6.54 Å². The molecule has 0 radical (unpaired) electrons. The number of nitrogens with one attached hydrogen (secondary N) is 2. The quantitative estimate of drug-likeness (QED) is 0.782. The van der Waals surface area contributed by atoms with Crippen molar-refractivity contribution in [2.24, 2.45) is 0 Å². The summed E-state index contributed by atoms with van der Waals surface area (Å²) in [6.07, 6.45) is 0.732. The second kappa shape index (κ2) is 8.72. The van der Waals surface area contributed by atoms with E-state index < -0.39 is 0 Å². The summed E-state index contributed by atoms with van der Waals surface area (Å²) in [5.74, 6) is 0. The molecule has 1 saturated heterocycles. The summed E-state index contributed by atoms with van der Waals surface area (Å²) in [4.78, 5) is 0. The van der Waals surface area contributed by atoms with Crippen LogP contribution in [0, 0.1) is 0 Å². The second-order valence-corrected chi connectivity index (χ2v) is 4.03. The number of piperidine rings is 1. The Morgan fingerprint density at radius 3 is 2.59 bits per heavy atom. The summed E-state index contributed by atoms with van der Waals surface area (Å²) in [7, 11) is 0. The van der Waals surface area contributed by atoms with E-state index in [9.17, 15) is 5.11 Å². The van der Waals surface area contributed by atoms with Gasteiger partial charge in [-0.25, -0.2) is 0 Å². The summed E-state index contributed by atoms with van der Waals surface area (Å²) in [6.45, 7) is 2.53. The van der Waals surface area contributed by atoms with Gasteiger partial charge in [-0.3, -0.25) is 0 Å². The van der Waals surface area contributed by atoms with E-state index in [1.807, 2.05) is 18.2 Å². The first-order valence-corrected chi connectivity index (χ1v) is 5.52. The van der Waals surface area contributed by atoms with Gasteiger partial charge in [0, 0.05) is 19.1 Å². The molecule has 1 fully saturated rings. The first kappa shape index (κ1) is 16.7. The highest BCUT2D eigenvalue weighted by Gasteiger charge is 2.21. The summed E-state index contributed by atoms with van der Waals surface area (Å²) in [5, 5.41) is 16.3. The lowest BCUT2D eigenvalue weighted by atomic mass is 10.0. The van der Waals surface area contributed by atoms with E-state index in [4.69, 9.17) is 0 Å². The first-order chi connectivity index (χ1) is 7.36. The van der Waals surface area contributed by atoms with Crippen molar-refractivity contribution >= 4 is 24.8 Å². The third kappa shape index (κ3) is 5.23. The van der Waals surface area contributed by atoms with Crippen LogP contribution in [0.2, 0.25) is 0 Å². The van der Waals surface area contributed by atoms with Crippen molar-refractivity contribution in [3.8, 4) is 0 Å². The first-order valence-electron chi connectivity index (χ1n) is 5.52. The van der Waals surface area contributed by atoms with E-state index in [1.165, 1.54) is 5.56 Å². The fourth-order valence-corrected chi connectivity index (χ4v) is 1.93. The van der Waals surface area contributed by atoms with E-state index in [2.05, 4.69) is 22.8 Å². The minimum atomic E-state index is -0.262. The molecule has 2 unspecified atom stereocenters. The van der Waals surface area contributed by atoms with Crippen molar-refractivity contribution < 1.29 is 5.11 Å². The van der Waals surface area contributed by atoms with Gasteiger partial charge in [0.2, 0.25) is 0 Å². The van der Waals surface area contributed by atoms with Crippen molar-refractivity contribution in [1.29, 1.82) is 0 Å². The highest BCUT2D eigenvalue weighted by atomic mass is 35.5. The standard InChI is InChI=1S/C12H18N2O.2ClH/c15-12-9-13-7-6-11(12)14-8-10-4-2-1-3-5-10;;/h1-5,11-15H,6-9H2;2*1H. The van der Waals surface area contributed by atoms with E-state index in [0.717, 1.165) is 19.5 Å². The SMILES string of the molecule is Cl.Cl.OC1CNCCC1NCc1ccccc1. The lowest BCUT2D eigenvalue weighted by molar-refractivity contribution is 0.102. The Morgan fingerprint density at radius 2 is 1.94 bits per heavy atom. The zero-order valence-electron chi connectivity index (χ0n) is 9.63. The third-order valence-corrected chi connectivity index (χ3v) is 2.86. The van der Waals surface area contributed by atoms with Gasteiger partial charge in [0.25, 0.3) is 0 Å². The number of aliphatic hydroxyl groups excluding tert-OH is 1. The van der Waals surface area contributed by atoms with Crippen molar-refractivity contribution in [2.75, 3.05) is 13.1 Å². The molecule has 17 heavy (non-hydrogen) atoms.